The number of aliphatic hydroxyl groups is 1. The summed E-state index contributed by atoms with van der Waals surface area (Å²) in [7, 11) is 0. The molecule has 4 nitrogen and oxygen atoms in total. The molecule has 2 aliphatic heterocycles. The molecule has 2 aliphatic rings. The van der Waals surface area contributed by atoms with Gasteiger partial charge in [0.1, 0.15) is 0 Å². The maximum Gasteiger partial charge on any atom is 0.0707 e. The molecule has 0 aliphatic carbocycles. The fourth-order valence-electron chi connectivity index (χ4n) is 2.20. The highest BCUT2D eigenvalue weighted by molar-refractivity contribution is 4.80. The molecule has 2 unspecified atom stereocenters. The molecule has 0 aromatic heterocycles. The Hall–Kier alpha value is -0.160. The molecule has 82 valence electrons. The second kappa shape index (κ2) is 5.07. The normalized spacial score (nSPS) is 31.9. The van der Waals surface area contributed by atoms with E-state index < -0.39 is 0 Å². The van der Waals surface area contributed by atoms with Crippen LogP contribution in [0.15, 0.2) is 0 Å². The van der Waals surface area contributed by atoms with Crippen LogP contribution in [0.3, 0.4) is 0 Å². The van der Waals surface area contributed by atoms with Crippen molar-refractivity contribution in [3.63, 3.8) is 0 Å². The predicted molar refractivity (Wildman–Crippen MR) is 54.2 cm³/mol. The highest BCUT2D eigenvalue weighted by Crippen LogP contribution is 2.14. The SMILES string of the molecule is OC(CN1CCOCC1)C1CCNC1. The number of aliphatic hydroxyl groups excluding tert-OH is 1. The fraction of sp³-hybridized carbons (Fsp3) is 1.00. The van der Waals surface area contributed by atoms with Gasteiger partial charge >= 0.3 is 0 Å². The molecule has 2 heterocycles. The molecule has 0 saturated carbocycles. The number of ether oxygens (including phenoxy) is 1. The third-order valence-corrected chi connectivity index (χ3v) is 3.19. The lowest BCUT2D eigenvalue weighted by Gasteiger charge is -2.30. The van der Waals surface area contributed by atoms with E-state index in [0.717, 1.165) is 52.4 Å². The first-order chi connectivity index (χ1) is 6.86. The molecule has 4 heteroatoms. The Labute approximate surface area is 85.2 Å². The van der Waals surface area contributed by atoms with Gasteiger partial charge in [0.2, 0.25) is 0 Å². The first-order valence-corrected chi connectivity index (χ1v) is 5.55. The quantitative estimate of drug-likeness (QED) is 0.632. The fourth-order valence-corrected chi connectivity index (χ4v) is 2.20. The van der Waals surface area contributed by atoms with Gasteiger partial charge in [-0.15, -0.1) is 0 Å². The first-order valence-electron chi connectivity index (χ1n) is 5.55. The van der Waals surface area contributed by atoms with Crippen molar-refractivity contribution in [3.8, 4) is 0 Å². The van der Waals surface area contributed by atoms with E-state index >= 15 is 0 Å². The zero-order valence-corrected chi connectivity index (χ0v) is 8.61. The lowest BCUT2D eigenvalue weighted by molar-refractivity contribution is 0.00313. The molecule has 2 rings (SSSR count). The smallest absolute Gasteiger partial charge is 0.0707 e. The zero-order valence-electron chi connectivity index (χ0n) is 8.61. The summed E-state index contributed by atoms with van der Waals surface area (Å²) >= 11 is 0. The molecule has 2 atom stereocenters. The van der Waals surface area contributed by atoms with Gasteiger partial charge in [-0.2, -0.15) is 0 Å². The molecule has 0 aromatic carbocycles. The summed E-state index contributed by atoms with van der Waals surface area (Å²) in [6.45, 7) is 6.42. The van der Waals surface area contributed by atoms with Gasteiger partial charge in [-0.05, 0) is 18.9 Å². The average Bonchev–Trinajstić information content (AvgIpc) is 2.72. The monoisotopic (exact) mass is 200 g/mol. The number of nitrogens with zero attached hydrogens (tertiary/aromatic N) is 1. The molecule has 0 radical (unpaired) electrons. The summed E-state index contributed by atoms with van der Waals surface area (Å²) in [5.41, 5.74) is 0. The van der Waals surface area contributed by atoms with E-state index in [2.05, 4.69) is 10.2 Å². The Kier molecular flexibility index (Phi) is 3.75. The third kappa shape index (κ3) is 2.67. The van der Waals surface area contributed by atoms with Gasteiger partial charge in [-0.25, -0.2) is 0 Å². The Morgan fingerprint density at radius 1 is 1.43 bits per heavy atom. The molecule has 2 saturated heterocycles. The van der Waals surface area contributed by atoms with E-state index in [1.807, 2.05) is 0 Å². The number of hydrogen-bond donors (Lipinski definition) is 2. The Balaban J connectivity index is 1.72. The number of hydrogen-bond acceptors (Lipinski definition) is 4. The molecule has 0 amide bonds. The van der Waals surface area contributed by atoms with Gasteiger partial charge in [0.15, 0.2) is 0 Å². The Bertz CT molecular complexity index is 166. The van der Waals surface area contributed by atoms with Crippen molar-refractivity contribution in [1.82, 2.24) is 10.2 Å². The number of β-amino-alcohol motifs (C(OH)–C–C–N with tert-alkyl or cyclic N) is 1. The predicted octanol–water partition coefficient (Wildman–Crippen LogP) is -0.711. The van der Waals surface area contributed by atoms with Gasteiger partial charge in [-0.3, -0.25) is 4.90 Å². The van der Waals surface area contributed by atoms with Crippen LogP contribution in [0.4, 0.5) is 0 Å². The van der Waals surface area contributed by atoms with Crippen molar-refractivity contribution < 1.29 is 9.84 Å². The summed E-state index contributed by atoms with van der Waals surface area (Å²) in [6, 6.07) is 0. The van der Waals surface area contributed by atoms with Gasteiger partial charge in [0.05, 0.1) is 19.3 Å². The average molecular weight is 200 g/mol. The van der Waals surface area contributed by atoms with Crippen LogP contribution < -0.4 is 5.32 Å². The molecule has 14 heavy (non-hydrogen) atoms. The minimum Gasteiger partial charge on any atom is -0.391 e. The van der Waals surface area contributed by atoms with Crippen LogP contribution in [0.1, 0.15) is 6.42 Å². The minimum atomic E-state index is -0.164. The first kappa shape index (κ1) is 10.4. The maximum absolute atomic E-state index is 9.98. The van der Waals surface area contributed by atoms with Crippen molar-refractivity contribution in [3.05, 3.63) is 0 Å². The second-order valence-corrected chi connectivity index (χ2v) is 4.23. The van der Waals surface area contributed by atoms with Crippen molar-refractivity contribution in [2.45, 2.75) is 12.5 Å². The van der Waals surface area contributed by atoms with Crippen molar-refractivity contribution in [1.29, 1.82) is 0 Å². The largest absolute Gasteiger partial charge is 0.391 e. The topological polar surface area (TPSA) is 44.7 Å². The van der Waals surface area contributed by atoms with E-state index in [1.54, 1.807) is 0 Å². The third-order valence-electron chi connectivity index (χ3n) is 3.19. The van der Waals surface area contributed by atoms with Crippen molar-refractivity contribution in [2.24, 2.45) is 5.92 Å². The number of nitrogens with one attached hydrogen (secondary N) is 1. The lowest BCUT2D eigenvalue weighted by Crippen LogP contribution is -2.43. The highest BCUT2D eigenvalue weighted by atomic mass is 16.5. The van der Waals surface area contributed by atoms with Gasteiger partial charge in [-0.1, -0.05) is 0 Å². The Morgan fingerprint density at radius 3 is 2.86 bits per heavy atom. The van der Waals surface area contributed by atoms with Crippen molar-refractivity contribution >= 4 is 0 Å². The standard InChI is InChI=1S/C10H20N2O2/c13-10(9-1-2-11-7-9)8-12-3-5-14-6-4-12/h9-11,13H,1-8H2. The lowest BCUT2D eigenvalue weighted by atomic mass is 10.0. The zero-order chi connectivity index (χ0) is 9.80. The van der Waals surface area contributed by atoms with E-state index in [9.17, 15) is 5.11 Å². The molecule has 0 bridgehead atoms. The van der Waals surface area contributed by atoms with Crippen LogP contribution >= 0.6 is 0 Å². The van der Waals surface area contributed by atoms with Crippen molar-refractivity contribution in [2.75, 3.05) is 45.9 Å². The van der Waals surface area contributed by atoms with E-state index in [-0.39, 0.29) is 6.10 Å². The summed E-state index contributed by atoms with van der Waals surface area (Å²) in [6.07, 6.45) is 0.953. The number of morpholine rings is 1. The molecule has 2 fully saturated rings. The molecule has 0 spiro atoms. The summed E-state index contributed by atoms with van der Waals surface area (Å²) < 4.78 is 5.27. The minimum absolute atomic E-state index is 0.164. The maximum atomic E-state index is 9.98. The molecule has 2 N–H and O–H groups in total. The van der Waals surface area contributed by atoms with Crippen LogP contribution in [-0.2, 0) is 4.74 Å². The van der Waals surface area contributed by atoms with E-state index in [1.165, 1.54) is 0 Å². The van der Waals surface area contributed by atoms with Crippen LogP contribution in [0, 0.1) is 5.92 Å². The van der Waals surface area contributed by atoms with Gasteiger partial charge < -0.3 is 15.2 Å². The van der Waals surface area contributed by atoms with E-state index in [4.69, 9.17) is 4.74 Å². The van der Waals surface area contributed by atoms with Crippen LogP contribution in [0.2, 0.25) is 0 Å². The van der Waals surface area contributed by atoms with Crippen LogP contribution in [-0.4, -0.2) is 62.0 Å². The summed E-state index contributed by atoms with van der Waals surface area (Å²) in [5.74, 6) is 0.456. The molecular weight excluding hydrogens is 180 g/mol. The Morgan fingerprint density at radius 2 is 2.21 bits per heavy atom. The van der Waals surface area contributed by atoms with Crippen LogP contribution in [0.5, 0.6) is 0 Å². The second-order valence-electron chi connectivity index (χ2n) is 4.23. The number of rotatable bonds is 3. The highest BCUT2D eigenvalue weighted by Gasteiger charge is 2.25. The van der Waals surface area contributed by atoms with Gasteiger partial charge in [0.25, 0.3) is 0 Å². The molecular formula is C10H20N2O2. The summed E-state index contributed by atoms with van der Waals surface area (Å²) in [4.78, 5) is 2.30. The summed E-state index contributed by atoms with van der Waals surface area (Å²) in [5, 5.41) is 13.3. The van der Waals surface area contributed by atoms with Crippen LogP contribution in [0.25, 0.3) is 0 Å². The van der Waals surface area contributed by atoms with E-state index in [0.29, 0.717) is 5.92 Å². The van der Waals surface area contributed by atoms with Gasteiger partial charge in [0, 0.05) is 26.2 Å². The molecule has 0 aromatic rings.